The van der Waals surface area contributed by atoms with Gasteiger partial charge in [0, 0.05) is 18.5 Å². The number of carbonyl (C=O) groups excluding carboxylic acids is 2. The zero-order valence-electron chi connectivity index (χ0n) is 9.20. The maximum absolute atomic E-state index is 12.8. The molecule has 0 fully saturated rings. The first-order valence-electron chi connectivity index (χ1n) is 5.12. The normalized spacial score (nSPS) is 9.94. The van der Waals surface area contributed by atoms with Crippen molar-refractivity contribution in [2.24, 2.45) is 5.73 Å². The van der Waals surface area contributed by atoms with E-state index in [2.05, 4.69) is 5.32 Å². The van der Waals surface area contributed by atoms with E-state index in [0.29, 0.717) is 13.0 Å². The molecule has 1 aromatic rings. The van der Waals surface area contributed by atoms with E-state index in [1.165, 1.54) is 12.1 Å². The third-order valence-corrected chi connectivity index (χ3v) is 2.14. The molecular weight excluding hydrogens is 225 g/mol. The molecule has 2 amide bonds. The predicted octanol–water partition coefficient (Wildman–Crippen LogP) is 0.403. The number of anilines is 1. The van der Waals surface area contributed by atoms with Crippen LogP contribution in [0.25, 0.3) is 0 Å². The van der Waals surface area contributed by atoms with E-state index in [4.69, 9.17) is 11.5 Å². The van der Waals surface area contributed by atoms with Crippen LogP contribution in [0.2, 0.25) is 0 Å². The summed E-state index contributed by atoms with van der Waals surface area (Å²) < 4.78 is 12.8. The van der Waals surface area contributed by atoms with Gasteiger partial charge in [-0.3, -0.25) is 9.59 Å². The Morgan fingerprint density at radius 2 is 2.06 bits per heavy atom. The van der Waals surface area contributed by atoms with Gasteiger partial charge in [0.15, 0.2) is 0 Å². The Labute approximate surface area is 98.0 Å². The van der Waals surface area contributed by atoms with Crippen molar-refractivity contribution in [3.63, 3.8) is 0 Å². The summed E-state index contributed by atoms with van der Waals surface area (Å²) in [6, 6.07) is 3.74. The van der Waals surface area contributed by atoms with Gasteiger partial charge in [0.1, 0.15) is 5.82 Å². The molecule has 0 saturated carbocycles. The molecule has 92 valence electrons. The van der Waals surface area contributed by atoms with Gasteiger partial charge in [-0.1, -0.05) is 0 Å². The van der Waals surface area contributed by atoms with Gasteiger partial charge in [0.05, 0.1) is 5.69 Å². The number of nitrogen functional groups attached to an aromatic ring is 1. The number of hydrogen-bond acceptors (Lipinski definition) is 3. The number of amides is 2. The molecule has 0 saturated heterocycles. The summed E-state index contributed by atoms with van der Waals surface area (Å²) in [5, 5.41) is 2.58. The number of benzene rings is 1. The average molecular weight is 239 g/mol. The summed E-state index contributed by atoms with van der Waals surface area (Å²) in [4.78, 5) is 22.0. The van der Waals surface area contributed by atoms with Crippen LogP contribution in [-0.4, -0.2) is 18.4 Å². The number of primary amides is 1. The highest BCUT2D eigenvalue weighted by atomic mass is 19.1. The Kier molecular flexibility index (Phi) is 4.45. The Morgan fingerprint density at radius 1 is 1.35 bits per heavy atom. The van der Waals surface area contributed by atoms with Crippen LogP contribution < -0.4 is 16.8 Å². The molecule has 0 aliphatic rings. The Balaban J connectivity index is 2.47. The van der Waals surface area contributed by atoms with Crippen LogP contribution in [0.1, 0.15) is 23.2 Å². The third kappa shape index (κ3) is 4.10. The zero-order chi connectivity index (χ0) is 12.8. The molecule has 0 spiro atoms. The molecule has 0 aliphatic carbocycles. The van der Waals surface area contributed by atoms with E-state index < -0.39 is 11.7 Å². The van der Waals surface area contributed by atoms with Gasteiger partial charge >= 0.3 is 0 Å². The van der Waals surface area contributed by atoms with E-state index in [1.807, 2.05) is 0 Å². The number of halogens is 1. The molecule has 0 aromatic heterocycles. The molecule has 0 heterocycles. The second kappa shape index (κ2) is 5.83. The largest absolute Gasteiger partial charge is 0.396 e. The standard InChI is InChI=1S/C11H14FN3O2/c12-8-4-3-7(6-9(8)13)11(17)15-5-1-2-10(14)16/h3-4,6H,1-2,5,13H2,(H2,14,16)(H,15,17). The lowest BCUT2D eigenvalue weighted by molar-refractivity contribution is -0.118. The minimum absolute atomic E-state index is 0.0743. The van der Waals surface area contributed by atoms with Crippen molar-refractivity contribution < 1.29 is 14.0 Å². The zero-order valence-corrected chi connectivity index (χ0v) is 9.20. The van der Waals surface area contributed by atoms with Gasteiger partial charge in [-0.15, -0.1) is 0 Å². The molecule has 1 aromatic carbocycles. The third-order valence-electron chi connectivity index (χ3n) is 2.14. The fourth-order valence-corrected chi connectivity index (χ4v) is 1.25. The predicted molar refractivity (Wildman–Crippen MR) is 61.6 cm³/mol. The molecular formula is C11H14FN3O2. The van der Waals surface area contributed by atoms with Gasteiger partial charge in [-0.2, -0.15) is 0 Å². The van der Waals surface area contributed by atoms with Crippen LogP contribution in [0.4, 0.5) is 10.1 Å². The molecule has 0 unspecified atom stereocenters. The first-order chi connectivity index (χ1) is 8.00. The summed E-state index contributed by atoms with van der Waals surface area (Å²) in [5.41, 5.74) is 10.5. The highest BCUT2D eigenvalue weighted by Crippen LogP contribution is 2.11. The number of nitrogens with one attached hydrogen (secondary N) is 1. The Morgan fingerprint density at radius 3 is 2.65 bits per heavy atom. The molecule has 1 rings (SSSR count). The minimum Gasteiger partial charge on any atom is -0.396 e. The highest BCUT2D eigenvalue weighted by molar-refractivity contribution is 5.95. The van der Waals surface area contributed by atoms with Crippen LogP contribution in [0, 0.1) is 5.82 Å². The van der Waals surface area contributed by atoms with E-state index in [9.17, 15) is 14.0 Å². The van der Waals surface area contributed by atoms with Gasteiger partial charge in [0.2, 0.25) is 5.91 Å². The minimum atomic E-state index is -0.560. The van der Waals surface area contributed by atoms with Gasteiger partial charge in [-0.25, -0.2) is 4.39 Å². The van der Waals surface area contributed by atoms with E-state index in [-0.39, 0.29) is 23.6 Å². The van der Waals surface area contributed by atoms with E-state index >= 15 is 0 Å². The molecule has 0 radical (unpaired) electrons. The van der Waals surface area contributed by atoms with Crippen molar-refractivity contribution in [2.75, 3.05) is 12.3 Å². The lowest BCUT2D eigenvalue weighted by atomic mass is 10.2. The molecule has 0 atom stereocenters. The summed E-state index contributed by atoms with van der Waals surface area (Å²) in [6.45, 7) is 0.332. The summed E-state index contributed by atoms with van der Waals surface area (Å²) in [6.07, 6.45) is 0.684. The summed E-state index contributed by atoms with van der Waals surface area (Å²) >= 11 is 0. The SMILES string of the molecule is NC(=O)CCCNC(=O)c1ccc(F)c(N)c1. The second-order valence-electron chi connectivity index (χ2n) is 3.56. The molecule has 0 aliphatic heterocycles. The smallest absolute Gasteiger partial charge is 0.251 e. The van der Waals surface area contributed by atoms with Crippen molar-refractivity contribution in [3.8, 4) is 0 Å². The van der Waals surface area contributed by atoms with Gasteiger partial charge in [-0.05, 0) is 24.6 Å². The number of rotatable bonds is 5. The molecule has 0 bridgehead atoms. The van der Waals surface area contributed by atoms with E-state index in [1.54, 1.807) is 0 Å². The van der Waals surface area contributed by atoms with Crippen LogP contribution in [0.15, 0.2) is 18.2 Å². The number of nitrogens with two attached hydrogens (primary N) is 2. The van der Waals surface area contributed by atoms with Gasteiger partial charge < -0.3 is 16.8 Å². The average Bonchev–Trinajstić information content (AvgIpc) is 2.27. The van der Waals surface area contributed by atoms with E-state index in [0.717, 1.165) is 6.07 Å². The quantitative estimate of drug-likeness (QED) is 0.512. The molecule has 6 heteroatoms. The van der Waals surface area contributed by atoms with Crippen LogP contribution in [-0.2, 0) is 4.79 Å². The van der Waals surface area contributed by atoms with Crippen molar-refractivity contribution in [2.45, 2.75) is 12.8 Å². The van der Waals surface area contributed by atoms with Crippen LogP contribution in [0.5, 0.6) is 0 Å². The topological polar surface area (TPSA) is 98.2 Å². The van der Waals surface area contributed by atoms with Gasteiger partial charge in [0.25, 0.3) is 5.91 Å². The highest BCUT2D eigenvalue weighted by Gasteiger charge is 2.07. The Bertz CT molecular complexity index is 435. The van der Waals surface area contributed by atoms with Crippen molar-refractivity contribution >= 4 is 17.5 Å². The molecule has 5 N–H and O–H groups in total. The first-order valence-corrected chi connectivity index (χ1v) is 5.12. The fraction of sp³-hybridized carbons (Fsp3) is 0.273. The Hall–Kier alpha value is -2.11. The van der Waals surface area contributed by atoms with Crippen LogP contribution in [0.3, 0.4) is 0 Å². The lowest BCUT2D eigenvalue weighted by Crippen LogP contribution is -2.25. The first kappa shape index (κ1) is 13.0. The molecule has 17 heavy (non-hydrogen) atoms. The van der Waals surface area contributed by atoms with Crippen molar-refractivity contribution in [3.05, 3.63) is 29.6 Å². The lowest BCUT2D eigenvalue weighted by Gasteiger charge is -2.05. The summed E-state index contributed by atoms with van der Waals surface area (Å²) in [7, 11) is 0. The summed E-state index contributed by atoms with van der Waals surface area (Å²) in [5.74, 6) is -1.33. The second-order valence-corrected chi connectivity index (χ2v) is 3.56. The monoisotopic (exact) mass is 239 g/mol. The fourth-order valence-electron chi connectivity index (χ4n) is 1.25. The van der Waals surface area contributed by atoms with Crippen LogP contribution >= 0.6 is 0 Å². The molecule has 5 nitrogen and oxygen atoms in total. The van der Waals surface area contributed by atoms with Crippen molar-refractivity contribution in [1.82, 2.24) is 5.32 Å². The van der Waals surface area contributed by atoms with Crippen molar-refractivity contribution in [1.29, 1.82) is 0 Å². The number of carbonyl (C=O) groups is 2. The number of hydrogen-bond donors (Lipinski definition) is 3. The maximum Gasteiger partial charge on any atom is 0.251 e. The maximum atomic E-state index is 12.8.